The first-order chi connectivity index (χ1) is 25.2. The normalized spacial score (nSPS) is 24.2. The van der Waals surface area contributed by atoms with Gasteiger partial charge in [-0.15, -0.1) is 0 Å². The number of rotatable bonds is 14. The molecule has 3 aromatic carbocycles. The minimum absolute atomic E-state index is 0.123. The molecule has 1 saturated heterocycles. The van der Waals surface area contributed by atoms with Gasteiger partial charge in [0.15, 0.2) is 11.9 Å². The topological polar surface area (TPSA) is 81.7 Å². The van der Waals surface area contributed by atoms with Crippen LogP contribution in [0.2, 0.25) is 5.04 Å². The third kappa shape index (κ3) is 9.68. The van der Waals surface area contributed by atoms with E-state index in [9.17, 15) is 4.79 Å². The van der Waals surface area contributed by atoms with Gasteiger partial charge in [-0.05, 0) is 72.8 Å². The minimum Gasteiger partial charge on any atom is -0.497 e. The Hall–Kier alpha value is -3.31. The van der Waals surface area contributed by atoms with E-state index < -0.39 is 31.7 Å². The molecule has 1 unspecified atom stereocenters. The van der Waals surface area contributed by atoms with Crippen molar-refractivity contribution in [3.63, 3.8) is 0 Å². The summed E-state index contributed by atoms with van der Waals surface area (Å²) in [5.74, 6) is -0.342. The molecule has 1 fully saturated rings. The van der Waals surface area contributed by atoms with Crippen LogP contribution >= 0.6 is 0 Å². The maximum Gasteiger partial charge on any atom is 0.311 e. The summed E-state index contributed by atoms with van der Waals surface area (Å²) in [5, 5.41) is 2.03. The number of hydrogen-bond donors (Lipinski definition) is 0. The van der Waals surface area contributed by atoms with Gasteiger partial charge in [-0.3, -0.25) is 4.79 Å². The van der Waals surface area contributed by atoms with Crippen molar-refractivity contribution in [3.8, 4) is 5.75 Å². The van der Waals surface area contributed by atoms with Crippen LogP contribution in [0.15, 0.2) is 97.1 Å². The summed E-state index contributed by atoms with van der Waals surface area (Å²) >= 11 is 0. The molecular formula is C44H60O8Si. The lowest BCUT2D eigenvalue weighted by Gasteiger charge is -2.49. The predicted octanol–water partition coefficient (Wildman–Crippen LogP) is 7.62. The Morgan fingerprint density at radius 3 is 2.06 bits per heavy atom. The smallest absolute Gasteiger partial charge is 0.311 e. The largest absolute Gasteiger partial charge is 0.497 e. The van der Waals surface area contributed by atoms with Gasteiger partial charge < -0.3 is 32.8 Å². The lowest BCUT2D eigenvalue weighted by molar-refractivity contribution is -0.315. The van der Waals surface area contributed by atoms with Crippen molar-refractivity contribution in [1.29, 1.82) is 0 Å². The van der Waals surface area contributed by atoms with Crippen LogP contribution in [0, 0.1) is 11.3 Å². The van der Waals surface area contributed by atoms with Crippen molar-refractivity contribution in [3.05, 3.63) is 103 Å². The van der Waals surface area contributed by atoms with E-state index in [1.165, 1.54) is 0 Å². The molecule has 0 aromatic heterocycles. The molecule has 0 N–H and O–H groups in total. The highest BCUT2D eigenvalue weighted by molar-refractivity contribution is 6.99. The quantitative estimate of drug-likeness (QED) is 0.0723. The molecule has 0 saturated carbocycles. The number of carbonyl (C=O) groups excluding carboxylic acids is 1. The van der Waals surface area contributed by atoms with Crippen molar-refractivity contribution >= 4 is 24.7 Å². The van der Waals surface area contributed by atoms with Gasteiger partial charge in [-0.2, -0.15) is 0 Å². The number of methoxy groups -OCH3 is 2. The first-order valence-electron chi connectivity index (χ1n) is 19.0. The van der Waals surface area contributed by atoms with E-state index >= 15 is 0 Å². The molecule has 53 heavy (non-hydrogen) atoms. The van der Waals surface area contributed by atoms with Crippen molar-refractivity contribution < 1.29 is 37.6 Å². The van der Waals surface area contributed by atoms with Crippen LogP contribution in [0.3, 0.4) is 0 Å². The van der Waals surface area contributed by atoms with E-state index in [1.54, 1.807) is 14.2 Å². The number of ether oxygens (including phenoxy) is 6. The second kappa shape index (κ2) is 17.4. The molecule has 3 aromatic rings. The van der Waals surface area contributed by atoms with E-state index in [0.29, 0.717) is 32.5 Å². The molecule has 1 spiro atoms. The van der Waals surface area contributed by atoms with Crippen LogP contribution in [0.25, 0.3) is 0 Å². The molecule has 5 rings (SSSR count). The van der Waals surface area contributed by atoms with Crippen molar-refractivity contribution in [2.75, 3.05) is 27.4 Å². The van der Waals surface area contributed by atoms with Crippen LogP contribution in [0.1, 0.15) is 73.3 Å². The SMILES string of the molecule is COc1ccc(COCC[C@H]2OC3(C=C[C@@H]2C)CC[C@H](OC)[C@@H]([C@H](CO[Si](c2ccccc2)(c2ccccc2)C(C)(C)C)OC(=O)C(C)(C)C)O3)cc1. The maximum absolute atomic E-state index is 13.7. The first-order valence-corrected chi connectivity index (χ1v) is 20.9. The molecule has 0 amide bonds. The monoisotopic (exact) mass is 744 g/mol. The molecule has 2 aliphatic heterocycles. The van der Waals surface area contributed by atoms with Crippen molar-refractivity contribution in [2.45, 2.75) is 110 Å². The highest BCUT2D eigenvalue weighted by atomic mass is 28.4. The average molecular weight is 745 g/mol. The van der Waals surface area contributed by atoms with Gasteiger partial charge in [-0.1, -0.05) is 107 Å². The van der Waals surface area contributed by atoms with Gasteiger partial charge in [-0.25, -0.2) is 0 Å². The summed E-state index contributed by atoms with van der Waals surface area (Å²) in [5.41, 5.74) is 0.345. The summed E-state index contributed by atoms with van der Waals surface area (Å²) in [6.07, 6.45) is 4.28. The second-order valence-electron chi connectivity index (χ2n) is 16.4. The van der Waals surface area contributed by atoms with Crippen LogP contribution in [-0.4, -0.2) is 71.9 Å². The Bertz CT molecular complexity index is 1580. The van der Waals surface area contributed by atoms with E-state index in [0.717, 1.165) is 21.7 Å². The van der Waals surface area contributed by atoms with Crippen LogP contribution in [-0.2, 0) is 39.5 Å². The molecule has 6 atom stereocenters. The standard InChI is InChI=1S/C44H60O8Si/c1-32-24-27-44(51-37(32)26-29-48-30-33-20-22-34(46-8)23-21-33)28-25-38(47-9)40(52-44)39(50-41(45)42(2,3)4)31-49-53(43(5,6)7,35-16-12-10-13-17-35)36-18-14-11-15-19-36/h10-24,27,32,37-40H,25-26,28-31H2,1-9H3/t32-,37+,38-,39-,40-,44?/m0/s1. The molecule has 2 aliphatic rings. The zero-order valence-electron chi connectivity index (χ0n) is 33.1. The summed E-state index contributed by atoms with van der Waals surface area (Å²) in [7, 11) is 0.375. The third-order valence-electron chi connectivity index (χ3n) is 10.5. The van der Waals surface area contributed by atoms with E-state index in [-0.39, 0.29) is 35.7 Å². The zero-order chi connectivity index (χ0) is 38.3. The second-order valence-corrected chi connectivity index (χ2v) is 20.7. The summed E-state index contributed by atoms with van der Waals surface area (Å²) in [4.78, 5) is 13.7. The molecule has 0 radical (unpaired) electrons. The number of esters is 1. The van der Waals surface area contributed by atoms with Gasteiger partial charge in [0.05, 0.1) is 37.9 Å². The zero-order valence-corrected chi connectivity index (χ0v) is 34.1. The van der Waals surface area contributed by atoms with E-state index in [2.05, 4.69) is 82.3 Å². The first kappa shape index (κ1) is 40.9. The minimum atomic E-state index is -2.97. The number of hydrogen-bond acceptors (Lipinski definition) is 8. The fourth-order valence-electron chi connectivity index (χ4n) is 7.39. The lowest BCUT2D eigenvalue weighted by atomic mass is 9.90. The molecular weight excluding hydrogens is 685 g/mol. The van der Waals surface area contributed by atoms with Crippen LogP contribution < -0.4 is 15.1 Å². The van der Waals surface area contributed by atoms with Gasteiger partial charge in [0, 0.05) is 26.1 Å². The van der Waals surface area contributed by atoms with Gasteiger partial charge in [0.1, 0.15) is 11.9 Å². The van der Waals surface area contributed by atoms with Gasteiger partial charge in [0.2, 0.25) is 0 Å². The van der Waals surface area contributed by atoms with Crippen LogP contribution in [0.5, 0.6) is 5.75 Å². The molecule has 9 heteroatoms. The predicted molar refractivity (Wildman–Crippen MR) is 211 cm³/mol. The fraction of sp³-hybridized carbons (Fsp3) is 0.523. The molecule has 0 bridgehead atoms. The Morgan fingerprint density at radius 1 is 0.887 bits per heavy atom. The third-order valence-corrected chi connectivity index (χ3v) is 15.5. The molecule has 8 nitrogen and oxygen atoms in total. The Morgan fingerprint density at radius 2 is 1.51 bits per heavy atom. The Labute approximate surface area is 318 Å². The Kier molecular flexibility index (Phi) is 13.4. The van der Waals surface area contributed by atoms with Crippen molar-refractivity contribution in [1.82, 2.24) is 0 Å². The molecule has 288 valence electrons. The average Bonchev–Trinajstić information content (AvgIpc) is 3.14. The van der Waals surface area contributed by atoms with E-state index in [4.69, 9.17) is 32.8 Å². The highest BCUT2D eigenvalue weighted by Crippen LogP contribution is 2.42. The van der Waals surface area contributed by atoms with Gasteiger partial charge >= 0.3 is 5.97 Å². The summed E-state index contributed by atoms with van der Waals surface area (Å²) < 4.78 is 45.1. The van der Waals surface area contributed by atoms with Crippen molar-refractivity contribution in [2.24, 2.45) is 11.3 Å². The molecule has 2 heterocycles. The number of carbonyl (C=O) groups is 1. The summed E-state index contributed by atoms with van der Waals surface area (Å²) in [6.45, 7) is 15.6. The van der Waals surface area contributed by atoms with E-state index in [1.807, 2.05) is 63.2 Å². The summed E-state index contributed by atoms with van der Waals surface area (Å²) in [6, 6.07) is 28.9. The maximum atomic E-state index is 13.7. The lowest BCUT2D eigenvalue weighted by Crippen LogP contribution is -2.68. The highest BCUT2D eigenvalue weighted by Gasteiger charge is 2.53. The number of benzene rings is 3. The van der Waals surface area contributed by atoms with Crippen LogP contribution in [0.4, 0.5) is 0 Å². The fourth-order valence-corrected chi connectivity index (χ4v) is 12.0. The van der Waals surface area contributed by atoms with Gasteiger partial charge in [0.25, 0.3) is 8.32 Å². The Balaban J connectivity index is 1.40. The molecule has 0 aliphatic carbocycles.